The van der Waals surface area contributed by atoms with Gasteiger partial charge >= 0.3 is 6.03 Å². The molecule has 0 saturated carbocycles. The molecular formula is C21H17ClN4O. The van der Waals surface area contributed by atoms with Gasteiger partial charge in [-0.05, 0) is 48.9 Å². The molecule has 5 nitrogen and oxygen atoms in total. The minimum Gasteiger partial charge on any atom is -0.308 e. The van der Waals surface area contributed by atoms with Gasteiger partial charge in [-0.2, -0.15) is 0 Å². The standard InChI is InChI=1S/C21H17ClN4O/c1-14-11-12-26-18(13-14)24-19(15-5-3-2-4-6-15)20(26)25-21(27)23-17-9-7-16(22)8-10-17/h2-13H,1H3,(H2,23,25,27). The lowest BCUT2D eigenvalue weighted by atomic mass is 10.1. The van der Waals surface area contributed by atoms with E-state index in [-0.39, 0.29) is 6.03 Å². The summed E-state index contributed by atoms with van der Waals surface area (Å²) in [6, 6.07) is 20.3. The maximum atomic E-state index is 12.6. The molecule has 2 aromatic heterocycles. The third-order valence-electron chi connectivity index (χ3n) is 4.16. The molecule has 0 aliphatic carbocycles. The normalized spacial score (nSPS) is 10.7. The number of anilines is 2. The summed E-state index contributed by atoms with van der Waals surface area (Å²) in [4.78, 5) is 17.3. The van der Waals surface area contributed by atoms with E-state index in [9.17, 15) is 4.79 Å². The van der Waals surface area contributed by atoms with Gasteiger partial charge in [-0.25, -0.2) is 9.78 Å². The average Bonchev–Trinajstić information content (AvgIpc) is 3.01. The first-order valence-electron chi connectivity index (χ1n) is 8.48. The van der Waals surface area contributed by atoms with Crippen molar-refractivity contribution in [2.24, 2.45) is 0 Å². The zero-order valence-corrected chi connectivity index (χ0v) is 15.4. The Labute approximate surface area is 161 Å². The van der Waals surface area contributed by atoms with Crippen molar-refractivity contribution < 1.29 is 4.79 Å². The fourth-order valence-corrected chi connectivity index (χ4v) is 2.99. The highest BCUT2D eigenvalue weighted by Crippen LogP contribution is 2.29. The molecule has 0 bridgehead atoms. The second-order valence-corrected chi connectivity index (χ2v) is 6.63. The third kappa shape index (κ3) is 3.64. The van der Waals surface area contributed by atoms with Crippen molar-refractivity contribution in [1.82, 2.24) is 9.38 Å². The number of aryl methyl sites for hydroxylation is 1. The van der Waals surface area contributed by atoms with Crippen molar-refractivity contribution in [3.63, 3.8) is 0 Å². The van der Waals surface area contributed by atoms with Crippen LogP contribution in [0.25, 0.3) is 16.9 Å². The lowest BCUT2D eigenvalue weighted by Crippen LogP contribution is -2.20. The summed E-state index contributed by atoms with van der Waals surface area (Å²) in [7, 11) is 0. The van der Waals surface area contributed by atoms with Crippen molar-refractivity contribution in [3.05, 3.63) is 83.5 Å². The van der Waals surface area contributed by atoms with Gasteiger partial charge in [-0.3, -0.25) is 9.72 Å². The van der Waals surface area contributed by atoms with E-state index in [2.05, 4.69) is 10.6 Å². The number of carbonyl (C=O) groups is 1. The Bertz CT molecular complexity index is 1100. The van der Waals surface area contributed by atoms with Crippen LogP contribution in [-0.2, 0) is 0 Å². The molecular weight excluding hydrogens is 360 g/mol. The molecule has 4 aromatic rings. The van der Waals surface area contributed by atoms with Gasteiger partial charge in [0, 0.05) is 22.5 Å². The molecule has 134 valence electrons. The number of fused-ring (bicyclic) bond motifs is 1. The van der Waals surface area contributed by atoms with E-state index < -0.39 is 0 Å². The summed E-state index contributed by atoms with van der Waals surface area (Å²) in [6.45, 7) is 2.01. The monoisotopic (exact) mass is 376 g/mol. The zero-order valence-electron chi connectivity index (χ0n) is 14.6. The Morgan fingerprint density at radius 2 is 1.74 bits per heavy atom. The first-order chi connectivity index (χ1) is 13.1. The smallest absolute Gasteiger partial charge is 0.308 e. The van der Waals surface area contributed by atoms with E-state index in [0.29, 0.717) is 22.2 Å². The number of carbonyl (C=O) groups excluding carboxylic acids is 1. The van der Waals surface area contributed by atoms with E-state index in [1.165, 1.54) is 0 Å². The number of amides is 2. The number of rotatable bonds is 3. The first kappa shape index (κ1) is 17.1. The Kier molecular flexibility index (Phi) is 4.52. The highest BCUT2D eigenvalue weighted by atomic mass is 35.5. The number of benzene rings is 2. The minimum absolute atomic E-state index is 0.350. The summed E-state index contributed by atoms with van der Waals surface area (Å²) in [6.07, 6.45) is 1.90. The molecule has 4 rings (SSSR count). The van der Waals surface area contributed by atoms with E-state index >= 15 is 0 Å². The van der Waals surface area contributed by atoms with Gasteiger partial charge in [0.1, 0.15) is 17.2 Å². The van der Waals surface area contributed by atoms with Crippen LogP contribution in [-0.4, -0.2) is 15.4 Å². The fraction of sp³-hybridized carbons (Fsp3) is 0.0476. The molecule has 2 aromatic carbocycles. The Balaban J connectivity index is 1.71. The molecule has 2 amide bonds. The van der Waals surface area contributed by atoms with E-state index in [4.69, 9.17) is 16.6 Å². The van der Waals surface area contributed by atoms with Crippen molar-refractivity contribution in [2.75, 3.05) is 10.6 Å². The second kappa shape index (κ2) is 7.13. The van der Waals surface area contributed by atoms with Crippen LogP contribution in [0.4, 0.5) is 16.3 Å². The number of halogens is 1. The molecule has 2 N–H and O–H groups in total. The third-order valence-corrected chi connectivity index (χ3v) is 4.41. The van der Waals surface area contributed by atoms with Gasteiger partial charge in [0.15, 0.2) is 0 Å². The molecule has 0 atom stereocenters. The highest BCUT2D eigenvalue weighted by molar-refractivity contribution is 6.30. The van der Waals surface area contributed by atoms with Gasteiger partial charge in [0.2, 0.25) is 0 Å². The van der Waals surface area contributed by atoms with Gasteiger partial charge < -0.3 is 5.32 Å². The van der Waals surface area contributed by atoms with Crippen LogP contribution in [0, 0.1) is 6.92 Å². The average molecular weight is 377 g/mol. The maximum absolute atomic E-state index is 12.6. The Morgan fingerprint density at radius 1 is 1.00 bits per heavy atom. The predicted molar refractivity (Wildman–Crippen MR) is 109 cm³/mol. The summed E-state index contributed by atoms with van der Waals surface area (Å²) in [5, 5.41) is 6.36. The number of hydrogen-bond acceptors (Lipinski definition) is 2. The van der Waals surface area contributed by atoms with Crippen molar-refractivity contribution >= 4 is 34.8 Å². The summed E-state index contributed by atoms with van der Waals surface area (Å²) in [5.41, 5.74) is 4.18. The summed E-state index contributed by atoms with van der Waals surface area (Å²) >= 11 is 5.89. The topological polar surface area (TPSA) is 58.4 Å². The molecule has 0 spiro atoms. The number of nitrogens with zero attached hydrogens (tertiary/aromatic N) is 2. The van der Waals surface area contributed by atoms with Crippen LogP contribution in [0.15, 0.2) is 72.9 Å². The minimum atomic E-state index is -0.350. The number of urea groups is 1. The van der Waals surface area contributed by atoms with Crippen LogP contribution in [0.3, 0.4) is 0 Å². The van der Waals surface area contributed by atoms with Gasteiger partial charge in [0.05, 0.1) is 0 Å². The lowest BCUT2D eigenvalue weighted by molar-refractivity contribution is 0.262. The lowest BCUT2D eigenvalue weighted by Gasteiger charge is -2.10. The molecule has 6 heteroatoms. The molecule has 27 heavy (non-hydrogen) atoms. The van der Waals surface area contributed by atoms with E-state index in [1.807, 2.05) is 60.0 Å². The molecule has 0 unspecified atom stereocenters. The van der Waals surface area contributed by atoms with Gasteiger partial charge in [0.25, 0.3) is 0 Å². The first-order valence-corrected chi connectivity index (χ1v) is 8.86. The number of aromatic nitrogens is 2. The maximum Gasteiger partial charge on any atom is 0.324 e. The molecule has 0 aliphatic rings. The largest absolute Gasteiger partial charge is 0.324 e. The summed E-state index contributed by atoms with van der Waals surface area (Å²) < 4.78 is 1.87. The van der Waals surface area contributed by atoms with Crippen LogP contribution >= 0.6 is 11.6 Å². The van der Waals surface area contributed by atoms with E-state index in [1.54, 1.807) is 24.3 Å². The molecule has 2 heterocycles. The van der Waals surface area contributed by atoms with Crippen LogP contribution in [0.5, 0.6) is 0 Å². The summed E-state index contributed by atoms with van der Waals surface area (Å²) in [5.74, 6) is 0.614. The fourth-order valence-electron chi connectivity index (χ4n) is 2.87. The van der Waals surface area contributed by atoms with Gasteiger partial charge in [-0.1, -0.05) is 41.9 Å². The van der Waals surface area contributed by atoms with Crippen molar-refractivity contribution in [1.29, 1.82) is 0 Å². The number of nitrogens with one attached hydrogen (secondary N) is 2. The Hall–Kier alpha value is -3.31. The van der Waals surface area contributed by atoms with Crippen LogP contribution < -0.4 is 10.6 Å². The van der Waals surface area contributed by atoms with Gasteiger partial charge in [-0.15, -0.1) is 0 Å². The number of imidazole rings is 1. The quantitative estimate of drug-likeness (QED) is 0.488. The molecule has 0 radical (unpaired) electrons. The molecule has 0 saturated heterocycles. The Morgan fingerprint density at radius 3 is 2.48 bits per heavy atom. The van der Waals surface area contributed by atoms with Crippen molar-refractivity contribution in [2.45, 2.75) is 6.92 Å². The van der Waals surface area contributed by atoms with Crippen LogP contribution in [0.1, 0.15) is 5.56 Å². The van der Waals surface area contributed by atoms with E-state index in [0.717, 1.165) is 16.8 Å². The number of hydrogen-bond donors (Lipinski definition) is 2. The number of pyridine rings is 1. The second-order valence-electron chi connectivity index (χ2n) is 6.19. The SMILES string of the molecule is Cc1ccn2c(NC(=O)Nc3ccc(Cl)cc3)c(-c3ccccc3)nc2c1. The predicted octanol–water partition coefficient (Wildman–Crippen LogP) is 5.61. The molecule has 0 aliphatic heterocycles. The zero-order chi connectivity index (χ0) is 18.8. The van der Waals surface area contributed by atoms with Crippen molar-refractivity contribution in [3.8, 4) is 11.3 Å². The highest BCUT2D eigenvalue weighted by Gasteiger charge is 2.16. The molecule has 0 fully saturated rings. The van der Waals surface area contributed by atoms with Crippen LogP contribution in [0.2, 0.25) is 5.02 Å².